The van der Waals surface area contributed by atoms with Gasteiger partial charge in [-0.25, -0.2) is 19.4 Å². The Kier molecular flexibility index (Phi) is 8.78. The molecule has 44 heavy (non-hydrogen) atoms. The summed E-state index contributed by atoms with van der Waals surface area (Å²) in [5, 5.41) is 18.9. The Labute approximate surface area is 243 Å². The van der Waals surface area contributed by atoms with E-state index in [-0.39, 0.29) is 15.3 Å². The Hall–Kier alpha value is -4.46. The molecule has 0 fully saturated rings. The topological polar surface area (TPSA) is 133 Å². The number of hydrogen-bond donors (Lipinski definition) is 2. The number of benzene rings is 1. The van der Waals surface area contributed by atoms with Gasteiger partial charge in [0.1, 0.15) is 18.7 Å². The normalized spacial score (nSPS) is 13.2. The quantitative estimate of drug-likeness (QED) is 0.277. The maximum absolute atomic E-state index is 13.7. The second-order valence-corrected chi connectivity index (χ2v) is 9.31. The molecule has 3 aromatic heterocycles. The minimum atomic E-state index is -5.14. The maximum Gasteiger partial charge on any atom is 0.420 e. The Morgan fingerprint density at radius 2 is 1.66 bits per heavy atom. The largest absolute Gasteiger partial charge is 0.420 e. The van der Waals surface area contributed by atoms with E-state index in [0.29, 0.717) is 15.3 Å². The second-order valence-electron chi connectivity index (χ2n) is 8.87. The summed E-state index contributed by atoms with van der Waals surface area (Å²) in [4.78, 5) is 32.9. The molecule has 1 amide bonds. The van der Waals surface area contributed by atoms with Crippen molar-refractivity contribution in [1.29, 1.82) is 0 Å². The molecule has 0 saturated carbocycles. The minimum absolute atomic E-state index is 0.0636. The molecule has 2 N–H and O–H groups in total. The van der Waals surface area contributed by atoms with E-state index in [1.54, 1.807) is 0 Å². The van der Waals surface area contributed by atoms with Crippen molar-refractivity contribution < 1.29 is 49.4 Å². The molecular weight excluding hydrogens is 643 g/mol. The maximum atomic E-state index is 13.7. The number of carbonyl (C=O) groups excluding carboxylic acids is 1. The molecule has 4 rings (SSSR count). The molecule has 0 spiro atoms. The van der Waals surface area contributed by atoms with Crippen LogP contribution in [0.4, 0.5) is 39.5 Å². The molecule has 0 bridgehead atoms. The van der Waals surface area contributed by atoms with Crippen LogP contribution in [-0.2, 0) is 19.3 Å². The van der Waals surface area contributed by atoms with E-state index in [1.807, 2.05) is 0 Å². The van der Waals surface area contributed by atoms with Crippen molar-refractivity contribution in [2.75, 3.05) is 6.54 Å². The number of halogens is 10. The average molecular weight is 659 g/mol. The molecule has 21 heteroatoms. The van der Waals surface area contributed by atoms with Crippen LogP contribution in [0.5, 0.6) is 0 Å². The summed E-state index contributed by atoms with van der Waals surface area (Å²) in [6.45, 7) is -4.11. The fraction of sp³-hybridized carbons (Fsp3) is 0.304. The van der Waals surface area contributed by atoms with Gasteiger partial charge in [-0.05, 0) is 36.4 Å². The molecule has 0 aliphatic carbocycles. The third kappa shape index (κ3) is 7.36. The first-order chi connectivity index (χ1) is 20.3. The highest BCUT2D eigenvalue weighted by Crippen LogP contribution is 2.33. The van der Waals surface area contributed by atoms with Gasteiger partial charge in [0.25, 0.3) is 5.91 Å². The van der Waals surface area contributed by atoms with Crippen LogP contribution in [0.3, 0.4) is 0 Å². The number of nitrogens with zero attached hydrogens (tertiary/aromatic N) is 7. The van der Waals surface area contributed by atoms with Crippen LogP contribution in [0.25, 0.3) is 17.2 Å². The van der Waals surface area contributed by atoms with Crippen LogP contribution in [0.2, 0.25) is 5.02 Å². The lowest BCUT2D eigenvalue weighted by atomic mass is 10.2. The van der Waals surface area contributed by atoms with Crippen LogP contribution in [0.15, 0.2) is 47.4 Å². The third-order valence-corrected chi connectivity index (χ3v) is 5.90. The predicted molar refractivity (Wildman–Crippen MR) is 131 cm³/mol. The summed E-state index contributed by atoms with van der Waals surface area (Å²) in [7, 11) is 0. The van der Waals surface area contributed by atoms with Gasteiger partial charge < -0.3 is 10.4 Å². The van der Waals surface area contributed by atoms with Gasteiger partial charge in [0, 0.05) is 16.8 Å². The molecule has 3 heterocycles. The van der Waals surface area contributed by atoms with Gasteiger partial charge in [-0.2, -0.15) is 44.2 Å². The van der Waals surface area contributed by atoms with E-state index >= 15 is 0 Å². The molecule has 0 radical (unpaired) electrons. The van der Waals surface area contributed by atoms with E-state index in [2.05, 4.69) is 20.2 Å². The number of aliphatic hydroxyl groups excluding tert-OH is 1. The van der Waals surface area contributed by atoms with E-state index in [4.69, 9.17) is 11.6 Å². The summed E-state index contributed by atoms with van der Waals surface area (Å²) in [5.41, 5.74) is -2.66. The smallest absolute Gasteiger partial charge is 0.382 e. The molecule has 0 aliphatic rings. The molecule has 1 unspecified atom stereocenters. The zero-order valence-corrected chi connectivity index (χ0v) is 22.2. The SMILES string of the molecule is O=C(NCC(F)(F)F)c1nc(Cn2nc(-c3ccc(Cl)cc3)n(CC(O)C(F)(F)F)c2=O)nn1-c1ncccc1C(F)(F)F. The van der Waals surface area contributed by atoms with Gasteiger partial charge in [-0.15, -0.1) is 10.2 Å². The Bertz CT molecular complexity index is 1710. The minimum Gasteiger partial charge on any atom is -0.382 e. The van der Waals surface area contributed by atoms with Crippen molar-refractivity contribution in [2.24, 2.45) is 0 Å². The Morgan fingerprint density at radius 1 is 1.00 bits per heavy atom. The Morgan fingerprint density at radius 3 is 2.25 bits per heavy atom. The number of alkyl halides is 9. The molecule has 11 nitrogen and oxygen atoms in total. The number of hydrogen-bond acceptors (Lipinski definition) is 7. The van der Waals surface area contributed by atoms with E-state index in [9.17, 15) is 54.2 Å². The highest BCUT2D eigenvalue weighted by atomic mass is 35.5. The molecule has 1 aromatic carbocycles. The molecule has 236 valence electrons. The zero-order valence-electron chi connectivity index (χ0n) is 21.4. The number of nitrogens with one attached hydrogen (secondary N) is 1. The van der Waals surface area contributed by atoms with Crippen LogP contribution < -0.4 is 11.0 Å². The van der Waals surface area contributed by atoms with E-state index in [0.717, 1.165) is 12.3 Å². The van der Waals surface area contributed by atoms with Crippen LogP contribution in [0, 0.1) is 0 Å². The molecule has 0 saturated heterocycles. The van der Waals surface area contributed by atoms with Crippen molar-refractivity contribution in [2.45, 2.75) is 37.7 Å². The lowest BCUT2D eigenvalue weighted by Crippen LogP contribution is -2.37. The predicted octanol–water partition coefficient (Wildman–Crippen LogP) is 3.62. The first kappa shape index (κ1) is 32.5. The van der Waals surface area contributed by atoms with Crippen molar-refractivity contribution in [3.63, 3.8) is 0 Å². The van der Waals surface area contributed by atoms with Crippen molar-refractivity contribution in [3.8, 4) is 17.2 Å². The number of aromatic nitrogens is 7. The number of amides is 1. The first-order valence-corrected chi connectivity index (χ1v) is 12.2. The van der Waals surface area contributed by atoms with Gasteiger partial charge in [0.05, 0.1) is 6.54 Å². The third-order valence-electron chi connectivity index (χ3n) is 5.65. The first-order valence-electron chi connectivity index (χ1n) is 11.9. The molecule has 4 aromatic rings. The second kappa shape index (κ2) is 11.9. The lowest BCUT2D eigenvalue weighted by molar-refractivity contribution is -0.207. The number of aliphatic hydroxyl groups is 1. The van der Waals surface area contributed by atoms with Gasteiger partial charge in [0.15, 0.2) is 23.6 Å². The number of pyridine rings is 1. The lowest BCUT2D eigenvalue weighted by Gasteiger charge is -2.15. The van der Waals surface area contributed by atoms with Gasteiger partial charge >= 0.3 is 24.2 Å². The monoisotopic (exact) mass is 658 g/mol. The summed E-state index contributed by atoms with van der Waals surface area (Å²) in [6, 6.07) is 6.68. The van der Waals surface area contributed by atoms with Crippen LogP contribution in [0.1, 0.15) is 22.0 Å². The molecular formula is C23H16ClF9N8O3. The summed E-state index contributed by atoms with van der Waals surface area (Å²) < 4.78 is 120. The van der Waals surface area contributed by atoms with E-state index in [1.165, 1.54) is 29.6 Å². The van der Waals surface area contributed by atoms with Gasteiger partial charge in [-0.3, -0.25) is 9.36 Å². The molecule has 1 atom stereocenters. The summed E-state index contributed by atoms with van der Waals surface area (Å²) in [5.74, 6) is -4.82. The average Bonchev–Trinajstić information content (AvgIpc) is 3.48. The van der Waals surface area contributed by atoms with E-state index < -0.39 is 84.7 Å². The molecule has 0 aliphatic heterocycles. The van der Waals surface area contributed by atoms with Crippen LogP contribution in [-0.4, -0.2) is 70.1 Å². The van der Waals surface area contributed by atoms with Gasteiger partial charge in [0.2, 0.25) is 5.82 Å². The van der Waals surface area contributed by atoms with Crippen molar-refractivity contribution in [1.82, 2.24) is 39.4 Å². The van der Waals surface area contributed by atoms with Crippen LogP contribution >= 0.6 is 11.6 Å². The zero-order chi connectivity index (χ0) is 32.6. The van der Waals surface area contributed by atoms with Gasteiger partial charge in [-0.1, -0.05) is 11.6 Å². The number of carbonyl (C=O) groups is 1. The Balaban J connectivity index is 1.82. The fourth-order valence-electron chi connectivity index (χ4n) is 3.69. The van der Waals surface area contributed by atoms with Crippen molar-refractivity contribution in [3.05, 3.63) is 75.3 Å². The standard InChI is InChI=1S/C23H16ClF9N8O3/c24-12-5-3-11(4-6-12)16-38-40(20(44)39(16)8-14(42)23(31,32)33)9-15-36-18(19(43)35-10-21(25,26)27)41(37-15)17-13(22(28,29)30)2-1-7-34-17/h1-7,14,42H,8-10H2,(H,35,43). The highest BCUT2D eigenvalue weighted by molar-refractivity contribution is 6.30. The van der Waals surface area contributed by atoms with Crippen molar-refractivity contribution >= 4 is 17.5 Å². The summed E-state index contributed by atoms with van der Waals surface area (Å²) >= 11 is 5.83. The summed E-state index contributed by atoms with van der Waals surface area (Å²) in [6.07, 6.45) is -17.3. The number of rotatable bonds is 8. The fourth-order valence-corrected chi connectivity index (χ4v) is 3.82. The highest BCUT2D eigenvalue weighted by Gasteiger charge is 2.40.